The van der Waals surface area contributed by atoms with Crippen molar-refractivity contribution in [3.8, 4) is 10.7 Å². The predicted molar refractivity (Wildman–Crippen MR) is 42.1 cm³/mol. The van der Waals surface area contributed by atoms with E-state index < -0.39 is 0 Å². The van der Waals surface area contributed by atoms with E-state index in [0.29, 0.717) is 5.82 Å². The van der Waals surface area contributed by atoms with Crippen molar-refractivity contribution in [2.75, 3.05) is 0 Å². The largest absolute Gasteiger partial charge is 0.214 e. The summed E-state index contributed by atoms with van der Waals surface area (Å²) in [6, 6.07) is 3.94. The fourth-order valence-electron chi connectivity index (χ4n) is 0.789. The molecule has 0 saturated heterocycles. The minimum Gasteiger partial charge on any atom is -0.167 e. The Morgan fingerprint density at radius 1 is 1.55 bits per heavy atom. The van der Waals surface area contributed by atoms with Crippen LogP contribution in [-0.2, 0) is 7.05 Å². The first-order chi connectivity index (χ1) is 5.36. The molecule has 5 heteroatoms. The van der Waals surface area contributed by atoms with Gasteiger partial charge in [-0.2, -0.15) is 4.80 Å². The summed E-state index contributed by atoms with van der Waals surface area (Å²) in [5.41, 5.74) is 0. The van der Waals surface area contributed by atoms with Crippen molar-refractivity contribution in [1.82, 2.24) is 20.2 Å². The van der Waals surface area contributed by atoms with Crippen LogP contribution in [0.5, 0.6) is 0 Å². The number of rotatable bonds is 1. The fraction of sp³-hybridized carbons (Fsp3) is 0.167. The molecule has 56 valence electrons. The summed E-state index contributed by atoms with van der Waals surface area (Å²) in [7, 11) is 1.75. The lowest BCUT2D eigenvalue weighted by molar-refractivity contribution is 0.630. The van der Waals surface area contributed by atoms with Gasteiger partial charge < -0.3 is 0 Å². The molecular weight excluding hydrogens is 160 g/mol. The lowest BCUT2D eigenvalue weighted by Gasteiger charge is -1.81. The van der Waals surface area contributed by atoms with Crippen LogP contribution < -0.4 is 0 Å². The van der Waals surface area contributed by atoms with Crippen molar-refractivity contribution in [2.45, 2.75) is 0 Å². The van der Waals surface area contributed by atoms with Crippen molar-refractivity contribution < 1.29 is 0 Å². The maximum atomic E-state index is 4.06. The third-order valence-electron chi connectivity index (χ3n) is 1.25. The van der Waals surface area contributed by atoms with E-state index in [1.54, 1.807) is 18.4 Å². The molecule has 2 aromatic rings. The molecule has 0 aliphatic heterocycles. The number of nitrogens with zero attached hydrogens (tertiary/aromatic N) is 4. The summed E-state index contributed by atoms with van der Waals surface area (Å²) < 4.78 is 0. The fourth-order valence-corrected chi connectivity index (χ4v) is 1.44. The molecule has 0 N–H and O–H groups in total. The van der Waals surface area contributed by atoms with Crippen LogP contribution >= 0.6 is 11.3 Å². The van der Waals surface area contributed by atoms with E-state index in [1.165, 1.54) is 4.80 Å². The maximum absolute atomic E-state index is 4.06. The summed E-state index contributed by atoms with van der Waals surface area (Å²) in [4.78, 5) is 2.51. The van der Waals surface area contributed by atoms with Gasteiger partial charge in [0.05, 0.1) is 11.9 Å². The van der Waals surface area contributed by atoms with E-state index in [9.17, 15) is 0 Å². The van der Waals surface area contributed by atoms with Crippen LogP contribution in [0.2, 0.25) is 0 Å². The zero-order chi connectivity index (χ0) is 7.68. The van der Waals surface area contributed by atoms with Crippen LogP contribution in [0.15, 0.2) is 17.5 Å². The highest BCUT2D eigenvalue weighted by atomic mass is 32.1. The predicted octanol–water partition coefficient (Wildman–Crippen LogP) is 0.939. The molecule has 0 aromatic carbocycles. The number of hydrogen-bond acceptors (Lipinski definition) is 4. The molecule has 0 atom stereocenters. The van der Waals surface area contributed by atoms with Crippen LogP contribution in [-0.4, -0.2) is 20.2 Å². The zero-order valence-corrected chi connectivity index (χ0v) is 6.75. The highest BCUT2D eigenvalue weighted by molar-refractivity contribution is 7.13. The number of thiophene rings is 1. The Hall–Kier alpha value is -1.23. The number of hydrogen-bond donors (Lipinski definition) is 0. The first-order valence-corrected chi connectivity index (χ1v) is 4.02. The molecule has 0 spiro atoms. The first kappa shape index (κ1) is 6.48. The molecule has 0 amide bonds. The standard InChI is InChI=1S/C6H6N4S/c1-10-8-6(7-9-10)5-3-2-4-11-5/h2-4H,1H3. The SMILES string of the molecule is Cn1nnc(-c2cccs2)n1. The molecule has 0 unspecified atom stereocenters. The van der Waals surface area contributed by atoms with E-state index >= 15 is 0 Å². The van der Waals surface area contributed by atoms with Crippen molar-refractivity contribution in [3.05, 3.63) is 17.5 Å². The van der Waals surface area contributed by atoms with E-state index in [1.807, 2.05) is 17.5 Å². The number of aryl methyl sites for hydroxylation is 1. The van der Waals surface area contributed by atoms with Crippen LogP contribution in [0.1, 0.15) is 0 Å². The second-order valence-electron chi connectivity index (χ2n) is 2.08. The molecule has 0 radical (unpaired) electrons. The van der Waals surface area contributed by atoms with E-state index in [4.69, 9.17) is 0 Å². The third-order valence-corrected chi connectivity index (χ3v) is 2.12. The van der Waals surface area contributed by atoms with Crippen LogP contribution in [0.3, 0.4) is 0 Å². The second kappa shape index (κ2) is 2.43. The molecule has 2 heterocycles. The van der Waals surface area contributed by atoms with Gasteiger partial charge in [0.15, 0.2) is 0 Å². The Labute approximate surface area is 67.5 Å². The molecule has 2 aromatic heterocycles. The lowest BCUT2D eigenvalue weighted by atomic mass is 10.5. The molecule has 11 heavy (non-hydrogen) atoms. The molecule has 0 aliphatic carbocycles. The maximum Gasteiger partial charge on any atom is 0.214 e. The smallest absolute Gasteiger partial charge is 0.167 e. The first-order valence-electron chi connectivity index (χ1n) is 3.14. The van der Waals surface area contributed by atoms with Crippen molar-refractivity contribution >= 4 is 11.3 Å². The number of tetrazole rings is 1. The Balaban J connectivity index is 2.45. The third kappa shape index (κ3) is 1.14. The second-order valence-corrected chi connectivity index (χ2v) is 3.03. The minimum absolute atomic E-state index is 0.697. The van der Waals surface area contributed by atoms with Gasteiger partial charge in [-0.1, -0.05) is 6.07 Å². The number of aromatic nitrogens is 4. The van der Waals surface area contributed by atoms with Gasteiger partial charge in [-0.05, 0) is 16.7 Å². The lowest BCUT2D eigenvalue weighted by Crippen LogP contribution is -1.91. The Kier molecular flexibility index (Phi) is 1.43. The highest BCUT2D eigenvalue weighted by Gasteiger charge is 2.03. The Morgan fingerprint density at radius 3 is 3.00 bits per heavy atom. The van der Waals surface area contributed by atoms with Gasteiger partial charge in [-0.3, -0.25) is 0 Å². The molecule has 0 aliphatic rings. The van der Waals surface area contributed by atoms with E-state index in [-0.39, 0.29) is 0 Å². The van der Waals surface area contributed by atoms with Gasteiger partial charge in [0.1, 0.15) is 0 Å². The Bertz CT molecular complexity index is 337. The summed E-state index contributed by atoms with van der Waals surface area (Å²) in [5.74, 6) is 0.697. The quantitative estimate of drug-likeness (QED) is 0.633. The van der Waals surface area contributed by atoms with Crippen LogP contribution in [0, 0.1) is 0 Å². The van der Waals surface area contributed by atoms with E-state index in [2.05, 4.69) is 15.4 Å². The minimum atomic E-state index is 0.697. The normalized spacial score (nSPS) is 10.3. The van der Waals surface area contributed by atoms with Gasteiger partial charge in [0.25, 0.3) is 0 Å². The molecule has 0 bridgehead atoms. The van der Waals surface area contributed by atoms with Crippen LogP contribution in [0.25, 0.3) is 10.7 Å². The molecule has 0 fully saturated rings. The molecule has 0 saturated carbocycles. The van der Waals surface area contributed by atoms with Crippen LogP contribution in [0.4, 0.5) is 0 Å². The van der Waals surface area contributed by atoms with Gasteiger partial charge >= 0.3 is 0 Å². The summed E-state index contributed by atoms with van der Waals surface area (Å²) in [6.07, 6.45) is 0. The monoisotopic (exact) mass is 166 g/mol. The van der Waals surface area contributed by atoms with Crippen molar-refractivity contribution in [3.63, 3.8) is 0 Å². The van der Waals surface area contributed by atoms with Gasteiger partial charge in [-0.15, -0.1) is 21.5 Å². The van der Waals surface area contributed by atoms with Crippen molar-refractivity contribution in [1.29, 1.82) is 0 Å². The average molecular weight is 166 g/mol. The van der Waals surface area contributed by atoms with Crippen molar-refractivity contribution in [2.24, 2.45) is 7.05 Å². The Morgan fingerprint density at radius 2 is 2.45 bits per heavy atom. The topological polar surface area (TPSA) is 43.6 Å². The summed E-state index contributed by atoms with van der Waals surface area (Å²) in [6.45, 7) is 0. The summed E-state index contributed by atoms with van der Waals surface area (Å²) in [5, 5.41) is 13.7. The highest BCUT2D eigenvalue weighted by Crippen LogP contribution is 2.18. The molecule has 2 rings (SSSR count). The van der Waals surface area contributed by atoms with Gasteiger partial charge in [0.2, 0.25) is 5.82 Å². The van der Waals surface area contributed by atoms with Gasteiger partial charge in [0, 0.05) is 0 Å². The molecule has 4 nitrogen and oxygen atoms in total. The summed E-state index contributed by atoms with van der Waals surface area (Å²) >= 11 is 1.61. The van der Waals surface area contributed by atoms with E-state index in [0.717, 1.165) is 4.88 Å². The molecular formula is C6H6N4S. The van der Waals surface area contributed by atoms with Gasteiger partial charge in [-0.25, -0.2) is 0 Å². The zero-order valence-electron chi connectivity index (χ0n) is 5.93. The average Bonchev–Trinajstić information content (AvgIpc) is 2.55.